The summed E-state index contributed by atoms with van der Waals surface area (Å²) in [4.78, 5) is 13.1. The zero-order valence-corrected chi connectivity index (χ0v) is 9.54. The topological polar surface area (TPSA) is 20.3 Å². The summed E-state index contributed by atoms with van der Waals surface area (Å²) in [5.74, 6) is 1.15. The summed E-state index contributed by atoms with van der Waals surface area (Å²) in [5, 5.41) is 0. The second kappa shape index (κ2) is 6.18. The van der Waals surface area contributed by atoms with Crippen molar-refractivity contribution in [3.05, 3.63) is 0 Å². The quantitative estimate of drug-likeness (QED) is 0.630. The van der Waals surface area contributed by atoms with Crippen molar-refractivity contribution in [1.82, 2.24) is 4.90 Å². The number of carbonyl (C=O) groups excluding carboxylic acids is 1. The number of likely N-dealkylation sites (tertiary alicyclic amines) is 1. The van der Waals surface area contributed by atoms with Gasteiger partial charge in [0, 0.05) is 12.5 Å². The molecule has 1 aliphatic heterocycles. The number of nitrogens with zero attached hydrogens (tertiary/aromatic N) is 1. The molecule has 0 radical (unpaired) electrons. The summed E-state index contributed by atoms with van der Waals surface area (Å²) in [6.45, 7) is 8.04. The minimum Gasteiger partial charge on any atom is -0.303 e. The zero-order chi connectivity index (χ0) is 10.4. The van der Waals surface area contributed by atoms with Crippen LogP contribution in [0.1, 0.15) is 39.5 Å². The fourth-order valence-electron chi connectivity index (χ4n) is 2.30. The van der Waals surface area contributed by atoms with E-state index in [0.717, 1.165) is 38.1 Å². The molecule has 82 valence electrons. The van der Waals surface area contributed by atoms with Crippen molar-refractivity contribution >= 4 is 6.29 Å². The van der Waals surface area contributed by atoms with Gasteiger partial charge >= 0.3 is 0 Å². The predicted octanol–water partition coefficient (Wildman–Crippen LogP) is 2.33. The molecule has 0 saturated carbocycles. The minimum atomic E-state index is 0.340. The molecule has 0 aromatic heterocycles. The first-order valence-corrected chi connectivity index (χ1v) is 5.94. The lowest BCUT2D eigenvalue weighted by molar-refractivity contribution is -0.112. The fraction of sp³-hybridized carbons (Fsp3) is 0.917. The van der Waals surface area contributed by atoms with Crippen LogP contribution >= 0.6 is 0 Å². The standard InChI is InChI=1S/C12H23NO/c1-3-4-11(2)9-13-7-5-12(10-14)6-8-13/h10-12H,3-9H2,1-2H3. The van der Waals surface area contributed by atoms with Gasteiger partial charge in [0.1, 0.15) is 6.29 Å². The highest BCUT2D eigenvalue weighted by molar-refractivity contribution is 5.53. The maximum absolute atomic E-state index is 10.6. The van der Waals surface area contributed by atoms with E-state index in [1.165, 1.54) is 19.4 Å². The Hall–Kier alpha value is -0.370. The Morgan fingerprint density at radius 2 is 2.07 bits per heavy atom. The van der Waals surface area contributed by atoms with Crippen molar-refractivity contribution in [3.8, 4) is 0 Å². The van der Waals surface area contributed by atoms with E-state index >= 15 is 0 Å². The Labute approximate surface area is 87.7 Å². The molecule has 1 rings (SSSR count). The number of hydrogen-bond acceptors (Lipinski definition) is 2. The molecule has 2 nitrogen and oxygen atoms in total. The van der Waals surface area contributed by atoms with Gasteiger partial charge in [-0.25, -0.2) is 0 Å². The van der Waals surface area contributed by atoms with Crippen LogP contribution in [-0.2, 0) is 4.79 Å². The van der Waals surface area contributed by atoms with Gasteiger partial charge in [0.15, 0.2) is 0 Å². The maximum atomic E-state index is 10.6. The highest BCUT2D eigenvalue weighted by Crippen LogP contribution is 2.17. The van der Waals surface area contributed by atoms with Crippen LogP contribution in [0.2, 0.25) is 0 Å². The Morgan fingerprint density at radius 1 is 1.43 bits per heavy atom. The average Bonchev–Trinajstić information content (AvgIpc) is 2.19. The van der Waals surface area contributed by atoms with Gasteiger partial charge < -0.3 is 9.69 Å². The van der Waals surface area contributed by atoms with E-state index in [1.807, 2.05) is 0 Å². The average molecular weight is 197 g/mol. The molecule has 1 heterocycles. The highest BCUT2D eigenvalue weighted by atomic mass is 16.1. The first-order chi connectivity index (χ1) is 6.76. The van der Waals surface area contributed by atoms with Gasteiger partial charge in [-0.3, -0.25) is 0 Å². The maximum Gasteiger partial charge on any atom is 0.123 e. The predicted molar refractivity (Wildman–Crippen MR) is 59.3 cm³/mol. The molecule has 0 N–H and O–H groups in total. The Morgan fingerprint density at radius 3 is 2.57 bits per heavy atom. The largest absolute Gasteiger partial charge is 0.303 e. The van der Waals surface area contributed by atoms with Gasteiger partial charge in [-0.2, -0.15) is 0 Å². The number of carbonyl (C=O) groups is 1. The molecule has 0 amide bonds. The third-order valence-electron chi connectivity index (χ3n) is 3.18. The smallest absolute Gasteiger partial charge is 0.123 e. The normalized spacial score (nSPS) is 22.1. The number of piperidine rings is 1. The molecule has 1 unspecified atom stereocenters. The molecule has 0 bridgehead atoms. The van der Waals surface area contributed by atoms with Crippen LogP contribution in [0.25, 0.3) is 0 Å². The monoisotopic (exact) mass is 197 g/mol. The van der Waals surface area contributed by atoms with E-state index in [9.17, 15) is 4.79 Å². The van der Waals surface area contributed by atoms with E-state index in [4.69, 9.17) is 0 Å². The molecule has 14 heavy (non-hydrogen) atoms. The van der Waals surface area contributed by atoms with Crippen LogP contribution < -0.4 is 0 Å². The number of aldehydes is 1. The van der Waals surface area contributed by atoms with Crippen LogP contribution in [0, 0.1) is 11.8 Å². The SMILES string of the molecule is CCCC(C)CN1CCC(C=O)CC1. The summed E-state index contributed by atoms with van der Waals surface area (Å²) in [6, 6.07) is 0. The summed E-state index contributed by atoms with van der Waals surface area (Å²) in [5.41, 5.74) is 0. The molecular weight excluding hydrogens is 174 g/mol. The van der Waals surface area contributed by atoms with Crippen molar-refractivity contribution in [2.75, 3.05) is 19.6 Å². The van der Waals surface area contributed by atoms with Gasteiger partial charge in [-0.15, -0.1) is 0 Å². The zero-order valence-electron chi connectivity index (χ0n) is 9.54. The molecule has 1 aliphatic rings. The lowest BCUT2D eigenvalue weighted by atomic mass is 9.97. The van der Waals surface area contributed by atoms with Crippen LogP contribution in [0.15, 0.2) is 0 Å². The van der Waals surface area contributed by atoms with Gasteiger partial charge in [-0.1, -0.05) is 20.3 Å². The van der Waals surface area contributed by atoms with Gasteiger partial charge in [0.2, 0.25) is 0 Å². The van der Waals surface area contributed by atoms with Crippen molar-refractivity contribution < 1.29 is 4.79 Å². The third kappa shape index (κ3) is 3.79. The van der Waals surface area contributed by atoms with E-state index in [0.29, 0.717) is 5.92 Å². The first-order valence-electron chi connectivity index (χ1n) is 5.94. The summed E-state index contributed by atoms with van der Waals surface area (Å²) < 4.78 is 0. The Kier molecular flexibility index (Phi) is 5.16. The second-order valence-corrected chi connectivity index (χ2v) is 4.67. The van der Waals surface area contributed by atoms with Crippen LogP contribution in [0.4, 0.5) is 0 Å². The van der Waals surface area contributed by atoms with E-state index in [-0.39, 0.29) is 0 Å². The van der Waals surface area contributed by atoms with Crippen LogP contribution in [0.5, 0.6) is 0 Å². The van der Waals surface area contributed by atoms with Crippen molar-refractivity contribution in [3.63, 3.8) is 0 Å². The van der Waals surface area contributed by atoms with E-state index < -0.39 is 0 Å². The second-order valence-electron chi connectivity index (χ2n) is 4.67. The van der Waals surface area contributed by atoms with Gasteiger partial charge in [0.25, 0.3) is 0 Å². The molecular formula is C12H23NO. The highest BCUT2D eigenvalue weighted by Gasteiger charge is 2.19. The molecule has 1 fully saturated rings. The first kappa shape index (κ1) is 11.7. The fourth-order valence-corrected chi connectivity index (χ4v) is 2.30. The molecule has 1 saturated heterocycles. The molecule has 1 atom stereocenters. The molecule has 2 heteroatoms. The van der Waals surface area contributed by atoms with E-state index in [2.05, 4.69) is 18.7 Å². The lowest BCUT2D eigenvalue weighted by Gasteiger charge is -2.31. The van der Waals surface area contributed by atoms with Crippen molar-refractivity contribution in [1.29, 1.82) is 0 Å². The third-order valence-corrected chi connectivity index (χ3v) is 3.18. The lowest BCUT2D eigenvalue weighted by Crippen LogP contribution is -2.36. The summed E-state index contributed by atoms with van der Waals surface area (Å²) in [6.07, 6.45) is 5.89. The molecule has 0 aliphatic carbocycles. The summed E-state index contributed by atoms with van der Waals surface area (Å²) in [7, 11) is 0. The van der Waals surface area contributed by atoms with Crippen LogP contribution in [0.3, 0.4) is 0 Å². The van der Waals surface area contributed by atoms with Crippen molar-refractivity contribution in [2.24, 2.45) is 11.8 Å². The van der Waals surface area contributed by atoms with Crippen molar-refractivity contribution in [2.45, 2.75) is 39.5 Å². The number of hydrogen-bond donors (Lipinski definition) is 0. The molecule has 0 aromatic carbocycles. The van der Waals surface area contributed by atoms with Gasteiger partial charge in [0.05, 0.1) is 0 Å². The Balaban J connectivity index is 2.18. The molecule has 0 aromatic rings. The Bertz CT molecular complexity index is 162. The van der Waals surface area contributed by atoms with Gasteiger partial charge in [-0.05, 0) is 38.3 Å². The number of rotatable bonds is 5. The molecule has 0 spiro atoms. The van der Waals surface area contributed by atoms with Crippen LogP contribution in [-0.4, -0.2) is 30.8 Å². The minimum absolute atomic E-state index is 0.340. The van der Waals surface area contributed by atoms with E-state index in [1.54, 1.807) is 0 Å². The summed E-state index contributed by atoms with van der Waals surface area (Å²) >= 11 is 0.